The van der Waals surface area contributed by atoms with E-state index in [0.29, 0.717) is 0 Å². The summed E-state index contributed by atoms with van der Waals surface area (Å²) in [6.45, 7) is 5.31. The molecule has 4 heteroatoms. The first kappa shape index (κ1) is 10.4. The minimum absolute atomic E-state index is 0.457. The summed E-state index contributed by atoms with van der Waals surface area (Å²) in [5, 5.41) is 8.36. The fourth-order valence-electron chi connectivity index (χ4n) is 0.662. The van der Waals surface area contributed by atoms with E-state index >= 15 is 0 Å². The van der Waals surface area contributed by atoms with Crippen LogP contribution < -0.4 is 0 Å². The zero-order valence-electron chi connectivity index (χ0n) is 7.25. The largest absolute Gasteiger partial charge is 0.467 e. The van der Waals surface area contributed by atoms with Crippen molar-refractivity contribution in [2.75, 3.05) is 7.11 Å². The van der Waals surface area contributed by atoms with Crippen LogP contribution >= 0.6 is 0 Å². The number of rotatable bonds is 2. The zero-order chi connectivity index (χ0) is 9.07. The van der Waals surface area contributed by atoms with Gasteiger partial charge in [-0.3, -0.25) is 5.26 Å². The van der Waals surface area contributed by atoms with Gasteiger partial charge in [0.25, 0.3) is 0 Å². The van der Waals surface area contributed by atoms with E-state index in [2.05, 4.69) is 9.62 Å². The van der Waals surface area contributed by atoms with Gasteiger partial charge in [-0.2, -0.15) is 0 Å². The van der Waals surface area contributed by atoms with Crippen LogP contribution in [0.1, 0.15) is 20.8 Å². The molecule has 0 unspecified atom stereocenters. The van der Waals surface area contributed by atoms with E-state index in [-0.39, 0.29) is 0 Å². The Labute approximate surface area is 66.0 Å². The third-order valence-electron chi connectivity index (χ3n) is 1.31. The van der Waals surface area contributed by atoms with Gasteiger partial charge in [-0.25, -0.2) is 9.68 Å². The van der Waals surface area contributed by atoms with E-state index in [1.165, 1.54) is 7.11 Å². The first-order valence-corrected chi connectivity index (χ1v) is 3.31. The molecular weight excluding hydrogens is 148 g/mol. The molecule has 0 saturated carbocycles. The lowest BCUT2D eigenvalue weighted by Gasteiger charge is -2.24. The molecule has 0 heterocycles. The maximum absolute atomic E-state index is 10.9. The lowest BCUT2D eigenvalue weighted by atomic mass is 9.89. The van der Waals surface area contributed by atoms with Crippen LogP contribution in [0.25, 0.3) is 0 Å². The second kappa shape index (κ2) is 3.69. The van der Waals surface area contributed by atoms with Gasteiger partial charge < -0.3 is 4.74 Å². The van der Waals surface area contributed by atoms with E-state index in [1.54, 1.807) is 20.8 Å². The Bertz CT molecular complexity index is 136. The molecule has 0 aliphatic carbocycles. The monoisotopic (exact) mass is 162 g/mol. The van der Waals surface area contributed by atoms with Crippen molar-refractivity contribution >= 4 is 5.97 Å². The number of carbonyl (C=O) groups is 1. The summed E-state index contributed by atoms with van der Waals surface area (Å²) in [5.41, 5.74) is -0.457. The van der Waals surface area contributed by atoms with Crippen molar-refractivity contribution in [2.45, 2.75) is 26.9 Å². The Morgan fingerprint density at radius 2 is 1.91 bits per heavy atom. The molecule has 0 radical (unpaired) electrons. The van der Waals surface area contributed by atoms with E-state index in [0.717, 1.165) is 0 Å². The van der Waals surface area contributed by atoms with E-state index in [4.69, 9.17) is 5.26 Å². The third-order valence-corrected chi connectivity index (χ3v) is 1.31. The van der Waals surface area contributed by atoms with Gasteiger partial charge in [0, 0.05) is 5.41 Å². The molecule has 66 valence electrons. The van der Waals surface area contributed by atoms with Crippen LogP contribution in [0.3, 0.4) is 0 Å². The molecule has 0 saturated heterocycles. The highest BCUT2D eigenvalue weighted by atomic mass is 17.1. The topological polar surface area (TPSA) is 55.8 Å². The molecule has 0 rings (SSSR count). The Hall–Kier alpha value is -0.610. The van der Waals surface area contributed by atoms with Crippen molar-refractivity contribution in [1.29, 1.82) is 0 Å². The maximum atomic E-state index is 10.9. The molecule has 0 aliphatic rings. The Balaban J connectivity index is 4.29. The van der Waals surface area contributed by atoms with Gasteiger partial charge in [-0.15, -0.1) is 0 Å². The Morgan fingerprint density at radius 1 is 1.45 bits per heavy atom. The molecule has 4 nitrogen and oxygen atoms in total. The third kappa shape index (κ3) is 2.86. The van der Waals surface area contributed by atoms with Gasteiger partial charge in [0.2, 0.25) is 0 Å². The molecule has 0 aromatic carbocycles. The van der Waals surface area contributed by atoms with Gasteiger partial charge in [0.05, 0.1) is 7.11 Å². The predicted octanol–water partition coefficient (Wildman–Crippen LogP) is 1.06. The summed E-state index contributed by atoms with van der Waals surface area (Å²) in [6.07, 6.45) is -0.924. The second-order valence-electron chi connectivity index (χ2n) is 3.37. The summed E-state index contributed by atoms with van der Waals surface area (Å²) in [5.74, 6) is -0.569. The summed E-state index contributed by atoms with van der Waals surface area (Å²) in [4.78, 5) is 14.9. The molecule has 0 aliphatic heterocycles. The lowest BCUT2D eigenvalue weighted by molar-refractivity contribution is -0.295. The van der Waals surface area contributed by atoms with Crippen molar-refractivity contribution in [3.8, 4) is 0 Å². The molecule has 0 spiro atoms. The quantitative estimate of drug-likeness (QED) is 0.375. The lowest BCUT2D eigenvalue weighted by Crippen LogP contribution is -2.37. The first-order chi connectivity index (χ1) is 4.93. The standard InChI is InChI=1S/C7H14O4/c1-7(2,3)5(11-9)6(8)10-4/h5,9H,1-4H3/t5-/m1/s1. The van der Waals surface area contributed by atoms with Gasteiger partial charge in [-0.05, 0) is 0 Å². The summed E-state index contributed by atoms with van der Waals surface area (Å²) in [6, 6.07) is 0. The Morgan fingerprint density at radius 3 is 2.00 bits per heavy atom. The van der Waals surface area contributed by atoms with Crippen molar-refractivity contribution < 1.29 is 19.7 Å². The van der Waals surface area contributed by atoms with E-state index in [9.17, 15) is 4.79 Å². The van der Waals surface area contributed by atoms with Crippen LogP contribution in [0, 0.1) is 5.41 Å². The normalized spacial score (nSPS) is 14.3. The fraction of sp³-hybridized carbons (Fsp3) is 0.857. The molecule has 0 aromatic rings. The molecule has 11 heavy (non-hydrogen) atoms. The van der Waals surface area contributed by atoms with Crippen LogP contribution in [-0.4, -0.2) is 24.4 Å². The maximum Gasteiger partial charge on any atom is 0.338 e. The van der Waals surface area contributed by atoms with E-state index < -0.39 is 17.5 Å². The summed E-state index contributed by atoms with van der Waals surface area (Å²) >= 11 is 0. The average Bonchev–Trinajstić information content (AvgIpc) is 1.86. The number of hydrogen-bond donors (Lipinski definition) is 1. The number of ether oxygens (including phenoxy) is 1. The molecular formula is C7H14O4. The summed E-state index contributed by atoms with van der Waals surface area (Å²) < 4.78 is 4.41. The van der Waals surface area contributed by atoms with Crippen LogP contribution in [-0.2, 0) is 14.4 Å². The first-order valence-electron chi connectivity index (χ1n) is 3.31. The molecule has 0 amide bonds. The highest BCUT2D eigenvalue weighted by Crippen LogP contribution is 2.22. The smallest absolute Gasteiger partial charge is 0.338 e. The predicted molar refractivity (Wildman–Crippen MR) is 39.0 cm³/mol. The minimum Gasteiger partial charge on any atom is -0.467 e. The molecule has 1 atom stereocenters. The van der Waals surface area contributed by atoms with Crippen LogP contribution in [0.15, 0.2) is 0 Å². The van der Waals surface area contributed by atoms with Crippen LogP contribution in [0.2, 0.25) is 0 Å². The number of methoxy groups -OCH3 is 1. The molecule has 0 aromatic heterocycles. The number of carbonyl (C=O) groups excluding carboxylic acids is 1. The van der Waals surface area contributed by atoms with Gasteiger partial charge in [-0.1, -0.05) is 20.8 Å². The number of hydrogen-bond acceptors (Lipinski definition) is 4. The Kier molecular flexibility index (Phi) is 3.48. The summed E-state index contributed by atoms with van der Waals surface area (Å²) in [7, 11) is 1.25. The van der Waals surface area contributed by atoms with Gasteiger partial charge in [0.15, 0.2) is 6.10 Å². The highest BCUT2D eigenvalue weighted by molar-refractivity contribution is 5.75. The fourth-order valence-corrected chi connectivity index (χ4v) is 0.662. The highest BCUT2D eigenvalue weighted by Gasteiger charge is 2.33. The SMILES string of the molecule is COC(=O)[C@@H](OO)C(C)(C)C. The van der Waals surface area contributed by atoms with Crippen molar-refractivity contribution in [3.63, 3.8) is 0 Å². The minimum atomic E-state index is -0.924. The van der Waals surface area contributed by atoms with E-state index in [1.807, 2.05) is 0 Å². The van der Waals surface area contributed by atoms with Crippen molar-refractivity contribution in [1.82, 2.24) is 0 Å². The van der Waals surface area contributed by atoms with Gasteiger partial charge in [0.1, 0.15) is 0 Å². The van der Waals surface area contributed by atoms with Crippen molar-refractivity contribution in [3.05, 3.63) is 0 Å². The molecule has 1 N–H and O–H groups in total. The zero-order valence-corrected chi connectivity index (χ0v) is 7.25. The van der Waals surface area contributed by atoms with Gasteiger partial charge >= 0.3 is 5.97 Å². The van der Waals surface area contributed by atoms with Crippen molar-refractivity contribution in [2.24, 2.45) is 5.41 Å². The van der Waals surface area contributed by atoms with Crippen LogP contribution in [0.5, 0.6) is 0 Å². The second-order valence-corrected chi connectivity index (χ2v) is 3.37. The van der Waals surface area contributed by atoms with Crippen LogP contribution in [0.4, 0.5) is 0 Å². The number of esters is 1. The molecule has 0 bridgehead atoms. The molecule has 0 fully saturated rings. The average molecular weight is 162 g/mol.